The highest BCUT2D eigenvalue weighted by atomic mass is 16.5. The van der Waals surface area contributed by atoms with Crippen molar-refractivity contribution in [2.45, 2.75) is 0 Å². The molecule has 0 saturated carbocycles. The lowest BCUT2D eigenvalue weighted by molar-refractivity contribution is 0.0597. The second-order valence-electron chi connectivity index (χ2n) is 5.77. The second kappa shape index (κ2) is 6.00. The molecule has 0 aliphatic heterocycles. The van der Waals surface area contributed by atoms with E-state index in [0.717, 1.165) is 21.8 Å². The number of nitrogens with zero attached hydrogens (tertiary/aromatic N) is 1. The number of H-pyrrole nitrogens is 1. The Kier molecular flexibility index (Phi) is 3.65. The van der Waals surface area contributed by atoms with Crippen LogP contribution in [0, 0.1) is 0 Å². The van der Waals surface area contributed by atoms with Gasteiger partial charge in [0.2, 0.25) is 0 Å². The van der Waals surface area contributed by atoms with Crippen LogP contribution in [0.5, 0.6) is 5.75 Å². The van der Waals surface area contributed by atoms with Crippen LogP contribution in [-0.4, -0.2) is 34.4 Å². The Morgan fingerprint density at radius 3 is 2.73 bits per heavy atom. The van der Waals surface area contributed by atoms with E-state index in [9.17, 15) is 14.7 Å². The molecule has 1 radical (unpaired) electrons. The lowest BCUT2D eigenvalue weighted by Crippen LogP contribution is -2.02. The summed E-state index contributed by atoms with van der Waals surface area (Å²) in [6.45, 7) is 0. The van der Waals surface area contributed by atoms with Gasteiger partial charge in [0.15, 0.2) is 0 Å². The molecule has 4 aromatic rings. The Morgan fingerprint density at radius 1 is 1.15 bits per heavy atom. The number of para-hydroxylation sites is 1. The largest absolute Gasteiger partial charge is 0.507 e. The predicted octanol–water partition coefficient (Wildman–Crippen LogP) is 3.33. The number of carbonyl (C=O) groups excluding carboxylic acids is 2. The minimum Gasteiger partial charge on any atom is -0.507 e. The highest BCUT2D eigenvalue weighted by molar-refractivity contribution is 6.12. The molecule has 0 aliphatic carbocycles. The van der Waals surface area contributed by atoms with E-state index in [-0.39, 0.29) is 17.0 Å². The van der Waals surface area contributed by atoms with Crippen LogP contribution in [0.4, 0.5) is 0 Å². The number of benzene rings is 2. The van der Waals surface area contributed by atoms with Crippen molar-refractivity contribution < 1.29 is 19.4 Å². The standard InChI is InChI=1S/C20H13N2O4/c1-26-20(25)15-8-11(6-7-17(15)24)18-19-14(9-12(10-23)21-18)13-4-2-3-5-16(13)22-19/h2-9,22,24H,1H3. The van der Waals surface area contributed by atoms with Gasteiger partial charge in [-0.05, 0) is 30.3 Å². The number of pyridine rings is 1. The molecule has 26 heavy (non-hydrogen) atoms. The zero-order valence-corrected chi connectivity index (χ0v) is 13.7. The molecule has 4 rings (SSSR count). The quantitative estimate of drug-likeness (QED) is 0.556. The number of hydrogen-bond donors (Lipinski definition) is 2. The topological polar surface area (TPSA) is 92.3 Å². The summed E-state index contributed by atoms with van der Waals surface area (Å²) in [5.74, 6) is -0.845. The van der Waals surface area contributed by atoms with Crippen molar-refractivity contribution in [3.8, 4) is 17.0 Å². The molecular weight excluding hydrogens is 332 g/mol. The average molecular weight is 345 g/mol. The SMILES string of the molecule is COC(=O)c1cc(-c2nc([C]=O)cc3c2[nH]c2ccccc23)ccc1O. The summed E-state index contributed by atoms with van der Waals surface area (Å²) in [5.41, 5.74) is 2.87. The first-order valence-electron chi connectivity index (χ1n) is 7.83. The molecule has 2 aromatic carbocycles. The predicted molar refractivity (Wildman–Crippen MR) is 96.8 cm³/mol. The zero-order valence-electron chi connectivity index (χ0n) is 13.7. The number of phenolic OH excluding ortho intramolecular Hbond substituents is 1. The zero-order chi connectivity index (χ0) is 18.3. The number of aromatic amines is 1. The van der Waals surface area contributed by atoms with Crippen molar-refractivity contribution in [3.63, 3.8) is 0 Å². The van der Waals surface area contributed by atoms with Gasteiger partial charge in [-0.15, -0.1) is 0 Å². The molecule has 0 atom stereocenters. The van der Waals surface area contributed by atoms with E-state index in [4.69, 9.17) is 4.74 Å². The first kappa shape index (κ1) is 15.8. The Labute approximate surface area is 148 Å². The van der Waals surface area contributed by atoms with Crippen molar-refractivity contribution in [2.75, 3.05) is 7.11 Å². The molecule has 0 bridgehead atoms. The third-order valence-electron chi connectivity index (χ3n) is 4.28. The fourth-order valence-corrected chi connectivity index (χ4v) is 3.06. The Bertz CT molecular complexity index is 1180. The Hall–Kier alpha value is -3.67. The molecular formula is C20H13N2O4. The van der Waals surface area contributed by atoms with Gasteiger partial charge in [-0.25, -0.2) is 9.78 Å². The maximum Gasteiger partial charge on any atom is 0.341 e. The molecule has 0 saturated heterocycles. The lowest BCUT2D eigenvalue weighted by Gasteiger charge is -2.08. The molecule has 2 heterocycles. The maximum atomic E-state index is 11.9. The number of carbonyl (C=O) groups is 1. The van der Waals surface area contributed by atoms with Gasteiger partial charge in [-0.2, -0.15) is 0 Å². The van der Waals surface area contributed by atoms with Gasteiger partial charge in [0.25, 0.3) is 6.29 Å². The summed E-state index contributed by atoms with van der Waals surface area (Å²) >= 11 is 0. The van der Waals surface area contributed by atoms with Gasteiger partial charge >= 0.3 is 5.97 Å². The smallest absolute Gasteiger partial charge is 0.341 e. The number of phenols is 1. The van der Waals surface area contributed by atoms with E-state index in [2.05, 4.69) is 9.97 Å². The number of esters is 1. The van der Waals surface area contributed by atoms with Crippen LogP contribution in [0.25, 0.3) is 33.1 Å². The summed E-state index contributed by atoms with van der Waals surface area (Å²) in [5, 5.41) is 11.7. The maximum absolute atomic E-state index is 11.9. The normalized spacial score (nSPS) is 11.0. The highest BCUT2D eigenvalue weighted by Crippen LogP contribution is 2.34. The highest BCUT2D eigenvalue weighted by Gasteiger charge is 2.17. The van der Waals surface area contributed by atoms with E-state index in [0.29, 0.717) is 11.3 Å². The van der Waals surface area contributed by atoms with Gasteiger partial charge in [-0.1, -0.05) is 18.2 Å². The molecule has 0 spiro atoms. The van der Waals surface area contributed by atoms with Crippen molar-refractivity contribution >= 4 is 34.1 Å². The number of aromatic hydroxyl groups is 1. The molecule has 2 aromatic heterocycles. The van der Waals surface area contributed by atoms with E-state index in [1.807, 2.05) is 30.6 Å². The number of rotatable bonds is 3. The average Bonchev–Trinajstić information content (AvgIpc) is 3.05. The molecule has 0 unspecified atom stereocenters. The van der Waals surface area contributed by atoms with Crippen LogP contribution in [0.2, 0.25) is 0 Å². The number of hydrogen-bond acceptors (Lipinski definition) is 5. The molecule has 6 nitrogen and oxygen atoms in total. The molecule has 0 fully saturated rings. The number of fused-ring (bicyclic) bond motifs is 3. The summed E-state index contributed by atoms with van der Waals surface area (Å²) < 4.78 is 4.70. The summed E-state index contributed by atoms with van der Waals surface area (Å²) in [4.78, 5) is 30.8. The van der Waals surface area contributed by atoms with E-state index in [1.54, 1.807) is 12.1 Å². The second-order valence-corrected chi connectivity index (χ2v) is 5.77. The summed E-state index contributed by atoms with van der Waals surface area (Å²) in [7, 11) is 1.24. The van der Waals surface area contributed by atoms with Gasteiger partial charge in [-0.3, -0.25) is 4.79 Å². The van der Waals surface area contributed by atoms with E-state index < -0.39 is 5.97 Å². The van der Waals surface area contributed by atoms with Gasteiger partial charge in [0, 0.05) is 21.9 Å². The monoisotopic (exact) mass is 345 g/mol. The van der Waals surface area contributed by atoms with Crippen LogP contribution >= 0.6 is 0 Å². The van der Waals surface area contributed by atoms with Crippen molar-refractivity contribution in [3.05, 3.63) is 59.8 Å². The fraction of sp³-hybridized carbons (Fsp3) is 0.0500. The number of nitrogens with one attached hydrogen (secondary N) is 1. The first-order valence-corrected chi connectivity index (χ1v) is 7.83. The Balaban J connectivity index is 2.05. The third kappa shape index (κ3) is 2.39. The van der Waals surface area contributed by atoms with E-state index >= 15 is 0 Å². The summed E-state index contributed by atoms with van der Waals surface area (Å²) in [6.07, 6.45) is 1.83. The van der Waals surface area contributed by atoms with Crippen LogP contribution in [0.15, 0.2) is 48.5 Å². The van der Waals surface area contributed by atoms with Crippen LogP contribution < -0.4 is 0 Å². The molecule has 2 N–H and O–H groups in total. The number of ether oxygens (including phenoxy) is 1. The molecule has 127 valence electrons. The number of methoxy groups -OCH3 is 1. The van der Waals surface area contributed by atoms with Crippen molar-refractivity contribution in [1.82, 2.24) is 9.97 Å². The molecule has 0 amide bonds. The van der Waals surface area contributed by atoms with Crippen molar-refractivity contribution in [2.24, 2.45) is 0 Å². The minimum absolute atomic E-state index is 0.0246. The van der Waals surface area contributed by atoms with Crippen LogP contribution in [0.1, 0.15) is 16.1 Å². The van der Waals surface area contributed by atoms with Gasteiger partial charge in [0.05, 0.1) is 18.3 Å². The minimum atomic E-state index is -0.657. The van der Waals surface area contributed by atoms with Crippen molar-refractivity contribution in [1.29, 1.82) is 0 Å². The summed E-state index contributed by atoms with van der Waals surface area (Å²) in [6, 6.07) is 13.9. The van der Waals surface area contributed by atoms with Gasteiger partial charge in [0.1, 0.15) is 17.0 Å². The van der Waals surface area contributed by atoms with Crippen LogP contribution in [-0.2, 0) is 9.53 Å². The number of aromatic nitrogens is 2. The molecule has 0 aliphatic rings. The fourth-order valence-electron chi connectivity index (χ4n) is 3.06. The third-order valence-corrected chi connectivity index (χ3v) is 4.28. The van der Waals surface area contributed by atoms with Gasteiger partial charge < -0.3 is 14.8 Å². The Morgan fingerprint density at radius 2 is 1.96 bits per heavy atom. The van der Waals surface area contributed by atoms with Crippen LogP contribution in [0.3, 0.4) is 0 Å². The lowest BCUT2D eigenvalue weighted by atomic mass is 10.0. The molecule has 6 heteroatoms. The first-order chi connectivity index (χ1) is 12.6. The van der Waals surface area contributed by atoms with E-state index in [1.165, 1.54) is 19.2 Å².